The van der Waals surface area contributed by atoms with Gasteiger partial charge in [-0.25, -0.2) is 0 Å². The molecule has 0 aliphatic carbocycles. The summed E-state index contributed by atoms with van der Waals surface area (Å²) in [5, 5.41) is 0. The zero-order valence-corrected chi connectivity index (χ0v) is 12.8. The fourth-order valence-corrected chi connectivity index (χ4v) is 2.87. The fourth-order valence-electron chi connectivity index (χ4n) is 2.87. The Balaban J connectivity index is 1.85. The first kappa shape index (κ1) is 15.3. The summed E-state index contributed by atoms with van der Waals surface area (Å²) in [5.74, 6) is 0.0635. The van der Waals surface area contributed by atoms with Crippen molar-refractivity contribution in [1.82, 2.24) is 4.57 Å². The number of aryl methyl sites for hydroxylation is 1. The first-order valence-corrected chi connectivity index (χ1v) is 7.52. The SMILES string of the molecule is CCn1c(C)cc(C(=O)COCC2CCCCO2)c1C. The minimum atomic E-state index is 0.0635. The Kier molecular flexibility index (Phi) is 5.38. The molecule has 112 valence electrons. The fraction of sp³-hybridized carbons (Fsp3) is 0.688. The van der Waals surface area contributed by atoms with Crippen molar-refractivity contribution in [1.29, 1.82) is 0 Å². The van der Waals surface area contributed by atoms with Gasteiger partial charge in [0.05, 0.1) is 12.7 Å². The maximum atomic E-state index is 12.2. The lowest BCUT2D eigenvalue weighted by Crippen LogP contribution is -2.25. The molecule has 1 aromatic heterocycles. The molecule has 1 aliphatic rings. The Morgan fingerprint density at radius 3 is 2.85 bits per heavy atom. The van der Waals surface area contributed by atoms with E-state index in [9.17, 15) is 4.79 Å². The first-order valence-electron chi connectivity index (χ1n) is 7.52. The molecule has 1 unspecified atom stereocenters. The van der Waals surface area contributed by atoms with Crippen LogP contribution in [0.25, 0.3) is 0 Å². The van der Waals surface area contributed by atoms with Crippen LogP contribution in [0.5, 0.6) is 0 Å². The van der Waals surface area contributed by atoms with Gasteiger partial charge in [0, 0.05) is 30.1 Å². The van der Waals surface area contributed by atoms with Gasteiger partial charge in [-0.1, -0.05) is 0 Å². The van der Waals surface area contributed by atoms with Gasteiger partial charge in [0.1, 0.15) is 6.61 Å². The normalized spacial score (nSPS) is 19.2. The highest BCUT2D eigenvalue weighted by molar-refractivity contribution is 5.98. The van der Waals surface area contributed by atoms with Crippen LogP contribution in [0, 0.1) is 13.8 Å². The molecule has 1 saturated heterocycles. The molecule has 1 aromatic rings. The van der Waals surface area contributed by atoms with E-state index < -0.39 is 0 Å². The highest BCUT2D eigenvalue weighted by Gasteiger charge is 2.17. The molecular weight excluding hydrogens is 254 g/mol. The number of rotatable bonds is 6. The average Bonchev–Trinajstić information content (AvgIpc) is 2.74. The number of carbonyl (C=O) groups excluding carboxylic acids is 1. The standard InChI is InChI=1S/C16H25NO3/c1-4-17-12(2)9-15(13(17)3)16(18)11-19-10-14-7-5-6-8-20-14/h9,14H,4-8,10-11H2,1-3H3. The Morgan fingerprint density at radius 1 is 1.45 bits per heavy atom. The predicted molar refractivity (Wildman–Crippen MR) is 78.3 cm³/mol. The maximum Gasteiger partial charge on any atom is 0.190 e. The lowest BCUT2D eigenvalue weighted by molar-refractivity contribution is -0.0370. The van der Waals surface area contributed by atoms with Crippen LogP contribution in [-0.2, 0) is 16.0 Å². The number of hydrogen-bond donors (Lipinski definition) is 0. The van der Waals surface area contributed by atoms with Crippen LogP contribution in [0.2, 0.25) is 0 Å². The van der Waals surface area contributed by atoms with Crippen molar-refractivity contribution in [2.75, 3.05) is 19.8 Å². The number of hydrogen-bond acceptors (Lipinski definition) is 3. The van der Waals surface area contributed by atoms with Crippen LogP contribution < -0.4 is 0 Å². The van der Waals surface area contributed by atoms with E-state index in [4.69, 9.17) is 9.47 Å². The molecule has 20 heavy (non-hydrogen) atoms. The van der Waals surface area contributed by atoms with E-state index in [2.05, 4.69) is 11.5 Å². The van der Waals surface area contributed by atoms with Gasteiger partial charge in [0.15, 0.2) is 5.78 Å². The molecule has 0 saturated carbocycles. The molecule has 1 fully saturated rings. The smallest absolute Gasteiger partial charge is 0.190 e. The van der Waals surface area contributed by atoms with Crippen LogP contribution >= 0.6 is 0 Å². The molecule has 0 amide bonds. The molecule has 4 heteroatoms. The Hall–Kier alpha value is -1.13. The van der Waals surface area contributed by atoms with E-state index in [0.29, 0.717) is 6.61 Å². The molecule has 0 bridgehead atoms. The molecule has 1 atom stereocenters. The van der Waals surface area contributed by atoms with Gasteiger partial charge in [-0.05, 0) is 46.1 Å². The first-order chi connectivity index (χ1) is 9.63. The molecule has 0 aromatic carbocycles. The second-order valence-corrected chi connectivity index (χ2v) is 5.46. The zero-order valence-electron chi connectivity index (χ0n) is 12.8. The summed E-state index contributed by atoms with van der Waals surface area (Å²) in [6.45, 7) is 8.50. The Bertz CT molecular complexity index is 459. The third-order valence-corrected chi connectivity index (χ3v) is 4.00. The topological polar surface area (TPSA) is 40.5 Å². The third-order valence-electron chi connectivity index (χ3n) is 4.00. The molecule has 0 N–H and O–H groups in total. The summed E-state index contributed by atoms with van der Waals surface area (Å²) in [6, 6.07) is 1.96. The molecule has 1 aliphatic heterocycles. The van der Waals surface area contributed by atoms with Crippen LogP contribution in [0.1, 0.15) is 47.9 Å². The summed E-state index contributed by atoms with van der Waals surface area (Å²) >= 11 is 0. The van der Waals surface area contributed by atoms with Crippen molar-refractivity contribution < 1.29 is 14.3 Å². The van der Waals surface area contributed by atoms with E-state index in [1.165, 1.54) is 6.42 Å². The van der Waals surface area contributed by atoms with Gasteiger partial charge in [0.25, 0.3) is 0 Å². The second kappa shape index (κ2) is 7.04. The molecule has 2 heterocycles. The van der Waals surface area contributed by atoms with Crippen LogP contribution in [0.4, 0.5) is 0 Å². The largest absolute Gasteiger partial charge is 0.376 e. The number of Topliss-reactive ketones (excluding diaryl/α,β-unsaturated/α-hetero) is 1. The van der Waals surface area contributed by atoms with Gasteiger partial charge < -0.3 is 14.0 Å². The van der Waals surface area contributed by atoms with Gasteiger partial charge in [-0.3, -0.25) is 4.79 Å². The second-order valence-electron chi connectivity index (χ2n) is 5.46. The van der Waals surface area contributed by atoms with E-state index >= 15 is 0 Å². The summed E-state index contributed by atoms with van der Waals surface area (Å²) < 4.78 is 13.3. The highest BCUT2D eigenvalue weighted by atomic mass is 16.5. The summed E-state index contributed by atoms with van der Waals surface area (Å²) in [7, 11) is 0. The van der Waals surface area contributed by atoms with Crippen molar-refractivity contribution in [3.63, 3.8) is 0 Å². The number of nitrogens with zero attached hydrogens (tertiary/aromatic N) is 1. The van der Waals surface area contributed by atoms with Crippen LogP contribution in [0.15, 0.2) is 6.07 Å². The van der Waals surface area contributed by atoms with Crippen LogP contribution in [-0.4, -0.2) is 36.3 Å². The number of ketones is 1. The molecule has 2 rings (SSSR count). The van der Waals surface area contributed by atoms with Crippen molar-refractivity contribution in [2.45, 2.75) is 52.7 Å². The average molecular weight is 279 g/mol. The number of ether oxygens (including phenoxy) is 2. The predicted octanol–water partition coefficient (Wildman–Crippen LogP) is 2.89. The number of aromatic nitrogens is 1. The van der Waals surface area contributed by atoms with E-state index in [1.54, 1.807) is 0 Å². The van der Waals surface area contributed by atoms with Crippen molar-refractivity contribution >= 4 is 5.78 Å². The lowest BCUT2D eigenvalue weighted by atomic mass is 10.1. The monoisotopic (exact) mass is 279 g/mol. The molecular formula is C16H25NO3. The third kappa shape index (κ3) is 3.49. The summed E-state index contributed by atoms with van der Waals surface area (Å²) in [5.41, 5.74) is 2.95. The van der Waals surface area contributed by atoms with Crippen molar-refractivity contribution in [3.8, 4) is 0 Å². The number of carbonyl (C=O) groups is 1. The lowest BCUT2D eigenvalue weighted by Gasteiger charge is -2.22. The summed E-state index contributed by atoms with van der Waals surface area (Å²) in [4.78, 5) is 12.2. The van der Waals surface area contributed by atoms with Gasteiger partial charge >= 0.3 is 0 Å². The molecule has 0 radical (unpaired) electrons. The van der Waals surface area contributed by atoms with Crippen molar-refractivity contribution in [3.05, 3.63) is 23.0 Å². The van der Waals surface area contributed by atoms with Gasteiger partial charge in [-0.2, -0.15) is 0 Å². The maximum absolute atomic E-state index is 12.2. The Labute approximate surface area is 121 Å². The van der Waals surface area contributed by atoms with Crippen molar-refractivity contribution in [2.24, 2.45) is 0 Å². The van der Waals surface area contributed by atoms with E-state index in [1.807, 2.05) is 19.9 Å². The minimum absolute atomic E-state index is 0.0635. The zero-order chi connectivity index (χ0) is 14.5. The van der Waals surface area contributed by atoms with Gasteiger partial charge in [0.2, 0.25) is 0 Å². The molecule has 0 spiro atoms. The quantitative estimate of drug-likeness (QED) is 0.752. The Morgan fingerprint density at radius 2 is 2.25 bits per heavy atom. The van der Waals surface area contributed by atoms with E-state index in [-0.39, 0.29) is 18.5 Å². The molecule has 4 nitrogen and oxygen atoms in total. The minimum Gasteiger partial charge on any atom is -0.376 e. The van der Waals surface area contributed by atoms with E-state index in [0.717, 1.165) is 42.9 Å². The van der Waals surface area contributed by atoms with Gasteiger partial charge in [-0.15, -0.1) is 0 Å². The summed E-state index contributed by atoms with van der Waals surface area (Å²) in [6.07, 6.45) is 3.54. The van der Waals surface area contributed by atoms with Crippen LogP contribution in [0.3, 0.4) is 0 Å². The highest BCUT2D eigenvalue weighted by Crippen LogP contribution is 2.16.